The number of aromatic amines is 1. The van der Waals surface area contributed by atoms with Gasteiger partial charge in [0.15, 0.2) is 17.4 Å². The van der Waals surface area contributed by atoms with Crippen LogP contribution in [0.3, 0.4) is 0 Å². The highest BCUT2D eigenvalue weighted by molar-refractivity contribution is 7.85. The number of aromatic nitrogens is 2. The van der Waals surface area contributed by atoms with Crippen LogP contribution < -0.4 is 11.2 Å². The SMILES string of the molecule is [BH3-][P+](OC[C@H]1O[C@@H](n2ccc(=O)[nH]c2=O)[C@@H](OC)C1O)(OC(C)(C)C[N+]#[C-])OC(C)(C)C[N+]#[C-]. The summed E-state index contributed by atoms with van der Waals surface area (Å²) in [5, 5.41) is 10.8. The largest absolute Gasteiger partial charge is 0.387 e. The van der Waals surface area contributed by atoms with Crippen LogP contribution in [0.25, 0.3) is 9.69 Å². The van der Waals surface area contributed by atoms with Crippen molar-refractivity contribution in [2.45, 2.75) is 63.4 Å². The van der Waals surface area contributed by atoms with E-state index in [-0.39, 0.29) is 19.7 Å². The molecule has 14 heteroatoms. The predicted molar refractivity (Wildman–Crippen MR) is 128 cm³/mol. The van der Waals surface area contributed by atoms with Gasteiger partial charge in [-0.2, -0.15) is 0 Å². The number of nitrogens with one attached hydrogen (secondary N) is 1. The Kier molecular flexibility index (Phi) is 9.19. The Morgan fingerprint density at radius 2 is 1.76 bits per heavy atom. The number of methoxy groups -OCH3 is 1. The van der Waals surface area contributed by atoms with Gasteiger partial charge in [0.05, 0.1) is 0 Å². The maximum Gasteiger partial charge on any atom is 0.330 e. The Hall–Kier alpha value is -2.09. The quantitative estimate of drug-likeness (QED) is 0.253. The van der Waals surface area contributed by atoms with Crippen molar-refractivity contribution in [2.24, 2.45) is 0 Å². The van der Waals surface area contributed by atoms with Crippen LogP contribution in [0.15, 0.2) is 21.9 Å². The highest BCUT2D eigenvalue weighted by Gasteiger charge is 2.50. The molecular weight excluding hydrogens is 466 g/mol. The molecule has 1 aliphatic rings. The van der Waals surface area contributed by atoms with E-state index in [1.54, 1.807) is 27.7 Å². The zero-order chi connectivity index (χ0) is 25.7. The van der Waals surface area contributed by atoms with Crippen molar-refractivity contribution in [1.29, 1.82) is 0 Å². The van der Waals surface area contributed by atoms with Crippen LogP contribution in [-0.4, -0.2) is 78.5 Å². The molecule has 1 saturated heterocycles. The number of aliphatic hydroxyl groups is 1. The van der Waals surface area contributed by atoms with Crippen LogP contribution in [-0.2, 0) is 23.0 Å². The molecule has 12 nitrogen and oxygen atoms in total. The van der Waals surface area contributed by atoms with Crippen molar-refractivity contribution >= 4 is 15.4 Å². The van der Waals surface area contributed by atoms with E-state index in [0.29, 0.717) is 0 Å². The first-order valence-electron chi connectivity index (χ1n) is 10.1. The van der Waals surface area contributed by atoms with Gasteiger partial charge in [-0.1, -0.05) is 0 Å². The lowest BCUT2D eigenvalue weighted by Gasteiger charge is -2.35. The number of rotatable bonds is 11. The zero-order valence-electron chi connectivity index (χ0n) is 19.2. The summed E-state index contributed by atoms with van der Waals surface area (Å²) >= 11 is 0. The molecule has 0 aromatic carbocycles. The molecular formula is C20H32BN4O8P. The molecule has 1 fully saturated rings. The molecule has 2 N–H and O–H groups in total. The van der Waals surface area contributed by atoms with E-state index >= 15 is 0 Å². The lowest BCUT2D eigenvalue weighted by atomic mass is 10.1. The number of hydrogen-bond donors (Lipinski definition) is 2. The normalized spacial score (nSPS) is 23.4. The molecule has 2 rings (SSSR count). The van der Waals surface area contributed by atoms with E-state index in [4.69, 9.17) is 36.2 Å². The van der Waals surface area contributed by atoms with Gasteiger partial charge in [-0.15, -0.1) is 0 Å². The molecule has 4 atom stereocenters. The first kappa shape index (κ1) is 28.2. The van der Waals surface area contributed by atoms with Crippen molar-refractivity contribution in [2.75, 3.05) is 26.8 Å². The van der Waals surface area contributed by atoms with Crippen molar-refractivity contribution in [3.05, 3.63) is 55.9 Å². The lowest BCUT2D eigenvalue weighted by molar-refractivity contribution is -0.0652. The van der Waals surface area contributed by atoms with Crippen LogP contribution in [0.5, 0.6) is 0 Å². The first-order chi connectivity index (χ1) is 15.8. The van der Waals surface area contributed by atoms with Gasteiger partial charge in [0.1, 0.15) is 24.9 Å². The van der Waals surface area contributed by atoms with Crippen molar-refractivity contribution < 1.29 is 28.2 Å². The molecule has 1 aliphatic heterocycles. The van der Waals surface area contributed by atoms with Gasteiger partial charge in [0.2, 0.25) is 28.5 Å². The van der Waals surface area contributed by atoms with E-state index in [9.17, 15) is 14.7 Å². The fraction of sp³-hybridized carbons (Fsp3) is 0.700. The molecule has 0 spiro atoms. The Morgan fingerprint density at radius 1 is 1.21 bits per heavy atom. The summed E-state index contributed by atoms with van der Waals surface area (Å²) in [5.41, 5.74) is -2.91. The van der Waals surface area contributed by atoms with Crippen molar-refractivity contribution in [3.63, 3.8) is 0 Å². The fourth-order valence-corrected chi connectivity index (χ4v) is 4.34. The Labute approximate surface area is 199 Å². The highest BCUT2D eigenvalue weighted by atomic mass is 31.2. The molecule has 0 aliphatic carbocycles. The third-order valence-corrected chi connectivity index (χ3v) is 6.26. The van der Waals surface area contributed by atoms with Gasteiger partial charge in [-0.25, -0.2) is 31.5 Å². The zero-order valence-corrected chi connectivity index (χ0v) is 20.1. The average Bonchev–Trinajstić information content (AvgIpc) is 3.00. The van der Waals surface area contributed by atoms with Gasteiger partial charge in [-0.05, 0) is 27.7 Å². The standard InChI is InChI=1S/C20H32BN4O8P/c1-19(2,11-22-5)32-34(21,33-20(3,4)12-23-6)30-10-13-15(27)16(29-7)17(31-13)25-9-8-14(26)24-18(25)28/h8-9,13,15-17,27H,10-12H2,1-4,7,21H3,(H,24,26,28)/t13-,15?,16+,17-/m1/s1. The molecule has 0 bridgehead atoms. The van der Waals surface area contributed by atoms with E-state index in [0.717, 1.165) is 4.57 Å². The van der Waals surface area contributed by atoms with Gasteiger partial charge >= 0.3 is 5.69 Å². The molecule has 1 unspecified atom stereocenters. The average molecular weight is 498 g/mol. The summed E-state index contributed by atoms with van der Waals surface area (Å²) in [5.74, 6) is 0. The second-order valence-electron chi connectivity index (χ2n) is 8.63. The van der Waals surface area contributed by atoms with Crippen molar-refractivity contribution in [1.82, 2.24) is 9.55 Å². The maximum absolute atomic E-state index is 12.2. The summed E-state index contributed by atoms with van der Waals surface area (Å²) in [6, 6.07) is 1.17. The minimum Gasteiger partial charge on any atom is -0.387 e. The van der Waals surface area contributed by atoms with Gasteiger partial charge in [-0.3, -0.25) is 14.3 Å². The fourth-order valence-electron chi connectivity index (χ4n) is 3.01. The second kappa shape index (κ2) is 11.1. The first-order valence-corrected chi connectivity index (χ1v) is 11.2. The molecule has 0 amide bonds. The Bertz CT molecular complexity index is 1020. The predicted octanol–water partition coefficient (Wildman–Crippen LogP) is 0.298. The number of ether oxygens (including phenoxy) is 2. The molecule has 0 saturated carbocycles. The van der Waals surface area contributed by atoms with E-state index in [1.165, 1.54) is 19.4 Å². The Morgan fingerprint density at radius 3 is 2.24 bits per heavy atom. The number of hydrogen-bond acceptors (Lipinski definition) is 8. The number of H-pyrrole nitrogens is 1. The summed E-state index contributed by atoms with van der Waals surface area (Å²) in [6.45, 7) is 21.6. The maximum atomic E-state index is 12.2. The van der Waals surface area contributed by atoms with Crippen molar-refractivity contribution in [3.8, 4) is 0 Å². The summed E-state index contributed by atoms with van der Waals surface area (Å²) in [7, 11) is -2.24. The smallest absolute Gasteiger partial charge is 0.330 e. The minimum atomic E-state index is -2.87. The molecule has 1 aromatic heterocycles. The topological polar surface area (TPSA) is 130 Å². The van der Waals surface area contributed by atoms with Crippen LogP contribution in [0, 0.1) is 13.1 Å². The monoisotopic (exact) mass is 498 g/mol. The minimum absolute atomic E-state index is 0.0996. The summed E-state index contributed by atoms with van der Waals surface area (Å²) < 4.78 is 31.1. The highest BCUT2D eigenvalue weighted by Crippen LogP contribution is 2.62. The molecule has 0 radical (unpaired) electrons. The third-order valence-electron chi connectivity index (χ3n) is 4.62. The van der Waals surface area contributed by atoms with Crippen LogP contribution in [0.1, 0.15) is 33.9 Å². The summed E-state index contributed by atoms with van der Waals surface area (Å²) in [4.78, 5) is 32.7. The van der Waals surface area contributed by atoms with E-state index in [1.807, 2.05) is 0 Å². The van der Waals surface area contributed by atoms with Crippen LogP contribution >= 0.6 is 7.82 Å². The number of nitrogens with zero attached hydrogens (tertiary/aromatic N) is 3. The molecule has 1 aromatic rings. The van der Waals surface area contributed by atoms with Crippen LogP contribution in [0.2, 0.25) is 0 Å². The molecule has 34 heavy (non-hydrogen) atoms. The van der Waals surface area contributed by atoms with Gasteiger partial charge < -0.3 is 24.3 Å². The van der Waals surface area contributed by atoms with Gasteiger partial charge in [0, 0.05) is 19.4 Å². The number of aliphatic hydroxyl groups excluding tert-OH is 1. The van der Waals surface area contributed by atoms with Crippen LogP contribution in [0.4, 0.5) is 0 Å². The second-order valence-corrected chi connectivity index (χ2v) is 9.70. The van der Waals surface area contributed by atoms with Gasteiger partial charge in [0.25, 0.3) is 5.56 Å². The molecule has 188 valence electrons. The summed E-state index contributed by atoms with van der Waals surface area (Å²) in [6.07, 6.45) is -2.64. The molecule has 2 heterocycles. The lowest BCUT2D eigenvalue weighted by Crippen LogP contribution is -2.39. The Balaban J connectivity index is 2.25. The third kappa shape index (κ3) is 7.21. The van der Waals surface area contributed by atoms with E-state index in [2.05, 4.69) is 14.7 Å². The van der Waals surface area contributed by atoms with E-state index < -0.39 is 62.4 Å².